The number of rotatable bonds is 5. The van der Waals surface area contributed by atoms with Gasteiger partial charge in [-0.2, -0.15) is 0 Å². The molecule has 1 fully saturated rings. The maximum atomic E-state index is 12.2. The lowest BCUT2D eigenvalue weighted by Gasteiger charge is -2.21. The molecule has 0 aliphatic carbocycles. The topological polar surface area (TPSA) is 48.5 Å². The SMILES string of the molecule is CNc1ccc(C(=O)N(C)CCN2CCCC2)nc1. The Morgan fingerprint density at radius 2 is 2.16 bits per heavy atom. The highest BCUT2D eigenvalue weighted by Gasteiger charge is 2.16. The van der Waals surface area contributed by atoms with Crippen molar-refractivity contribution in [2.45, 2.75) is 12.8 Å². The molecule has 2 heterocycles. The summed E-state index contributed by atoms with van der Waals surface area (Å²) in [6.07, 6.45) is 4.25. The third kappa shape index (κ3) is 3.67. The van der Waals surface area contributed by atoms with Crippen LogP contribution in [-0.2, 0) is 0 Å². The fourth-order valence-corrected chi connectivity index (χ4v) is 2.26. The minimum Gasteiger partial charge on any atom is -0.387 e. The summed E-state index contributed by atoms with van der Waals surface area (Å²) in [5.74, 6) is -0.0122. The summed E-state index contributed by atoms with van der Waals surface area (Å²) >= 11 is 0. The summed E-state index contributed by atoms with van der Waals surface area (Å²) in [5, 5.41) is 2.99. The van der Waals surface area contributed by atoms with Gasteiger partial charge in [-0.05, 0) is 38.1 Å². The van der Waals surface area contributed by atoms with Crippen molar-refractivity contribution in [1.82, 2.24) is 14.8 Å². The fourth-order valence-electron chi connectivity index (χ4n) is 2.26. The molecule has 0 spiro atoms. The van der Waals surface area contributed by atoms with Crippen LogP contribution in [0.15, 0.2) is 18.3 Å². The van der Waals surface area contributed by atoms with Gasteiger partial charge in [-0.25, -0.2) is 4.98 Å². The van der Waals surface area contributed by atoms with Crippen LogP contribution in [0.1, 0.15) is 23.3 Å². The van der Waals surface area contributed by atoms with E-state index in [4.69, 9.17) is 0 Å². The van der Waals surface area contributed by atoms with Crippen LogP contribution in [0.2, 0.25) is 0 Å². The molecule has 1 aliphatic rings. The second kappa shape index (κ2) is 6.52. The standard InChI is InChI=1S/C14H22N4O/c1-15-12-5-6-13(16-11-12)14(19)17(2)9-10-18-7-3-4-8-18/h5-6,11,15H,3-4,7-10H2,1-2H3. The molecule has 0 atom stereocenters. The number of hydrogen-bond acceptors (Lipinski definition) is 4. The van der Waals surface area contributed by atoms with E-state index in [1.54, 1.807) is 17.2 Å². The maximum absolute atomic E-state index is 12.2. The summed E-state index contributed by atoms with van der Waals surface area (Å²) in [6, 6.07) is 3.63. The lowest BCUT2D eigenvalue weighted by atomic mass is 10.3. The van der Waals surface area contributed by atoms with Gasteiger partial charge in [-0.3, -0.25) is 4.79 Å². The molecule has 104 valence electrons. The minimum atomic E-state index is -0.0122. The molecule has 1 aromatic rings. The van der Waals surface area contributed by atoms with Crippen molar-refractivity contribution < 1.29 is 4.79 Å². The Balaban J connectivity index is 1.86. The summed E-state index contributed by atoms with van der Waals surface area (Å²) in [5.41, 5.74) is 1.42. The van der Waals surface area contributed by atoms with Crippen molar-refractivity contribution in [3.05, 3.63) is 24.0 Å². The first kappa shape index (κ1) is 13.8. The van der Waals surface area contributed by atoms with Crippen molar-refractivity contribution in [2.75, 3.05) is 45.6 Å². The summed E-state index contributed by atoms with van der Waals surface area (Å²) in [7, 11) is 3.67. The average Bonchev–Trinajstić information content (AvgIpc) is 2.97. The molecule has 1 aromatic heterocycles. The third-order valence-electron chi connectivity index (χ3n) is 3.57. The molecular weight excluding hydrogens is 240 g/mol. The number of hydrogen-bond donors (Lipinski definition) is 1. The number of nitrogens with zero attached hydrogens (tertiary/aromatic N) is 3. The highest BCUT2D eigenvalue weighted by molar-refractivity contribution is 5.92. The van der Waals surface area contributed by atoms with Gasteiger partial charge in [-0.1, -0.05) is 0 Å². The summed E-state index contributed by atoms with van der Waals surface area (Å²) in [4.78, 5) is 20.5. The van der Waals surface area contributed by atoms with Crippen LogP contribution in [0.4, 0.5) is 5.69 Å². The predicted molar refractivity (Wildman–Crippen MR) is 76.4 cm³/mol. The number of likely N-dealkylation sites (N-methyl/N-ethyl adjacent to an activating group) is 1. The Labute approximate surface area is 114 Å². The number of anilines is 1. The highest BCUT2D eigenvalue weighted by Crippen LogP contribution is 2.09. The monoisotopic (exact) mass is 262 g/mol. The van der Waals surface area contributed by atoms with Crippen LogP contribution >= 0.6 is 0 Å². The smallest absolute Gasteiger partial charge is 0.272 e. The molecule has 1 N–H and O–H groups in total. The van der Waals surface area contributed by atoms with E-state index < -0.39 is 0 Å². The van der Waals surface area contributed by atoms with Gasteiger partial charge in [0.05, 0.1) is 11.9 Å². The number of nitrogens with one attached hydrogen (secondary N) is 1. The summed E-state index contributed by atoms with van der Waals surface area (Å²) < 4.78 is 0. The quantitative estimate of drug-likeness (QED) is 0.868. The molecule has 1 saturated heterocycles. The zero-order valence-electron chi connectivity index (χ0n) is 11.7. The van der Waals surface area contributed by atoms with Crippen molar-refractivity contribution in [2.24, 2.45) is 0 Å². The predicted octanol–water partition coefficient (Wildman–Crippen LogP) is 1.29. The van der Waals surface area contributed by atoms with Crippen LogP contribution in [0, 0.1) is 0 Å². The third-order valence-corrected chi connectivity index (χ3v) is 3.57. The molecular formula is C14H22N4O. The van der Waals surface area contributed by atoms with Crippen LogP contribution in [0.5, 0.6) is 0 Å². The molecule has 0 unspecified atom stereocenters. The van der Waals surface area contributed by atoms with Gasteiger partial charge in [0.1, 0.15) is 5.69 Å². The molecule has 1 aliphatic heterocycles. The second-order valence-corrected chi connectivity index (χ2v) is 4.96. The van der Waals surface area contributed by atoms with Gasteiger partial charge in [0.15, 0.2) is 0 Å². The van der Waals surface area contributed by atoms with E-state index in [0.717, 1.165) is 31.9 Å². The number of amides is 1. The first-order chi connectivity index (χ1) is 9.20. The molecule has 1 amide bonds. The summed E-state index contributed by atoms with van der Waals surface area (Å²) in [6.45, 7) is 4.04. The van der Waals surface area contributed by atoms with Gasteiger partial charge in [0.25, 0.3) is 5.91 Å². The second-order valence-electron chi connectivity index (χ2n) is 4.96. The zero-order chi connectivity index (χ0) is 13.7. The lowest BCUT2D eigenvalue weighted by molar-refractivity contribution is 0.0776. The van der Waals surface area contributed by atoms with E-state index in [2.05, 4.69) is 15.2 Å². The maximum Gasteiger partial charge on any atom is 0.272 e. The van der Waals surface area contributed by atoms with E-state index in [1.807, 2.05) is 20.2 Å². The van der Waals surface area contributed by atoms with Crippen molar-refractivity contribution >= 4 is 11.6 Å². The molecule has 0 radical (unpaired) electrons. The van der Waals surface area contributed by atoms with Gasteiger partial charge in [0, 0.05) is 27.2 Å². The van der Waals surface area contributed by atoms with Gasteiger partial charge in [-0.15, -0.1) is 0 Å². The Morgan fingerprint density at radius 3 is 2.74 bits per heavy atom. The van der Waals surface area contributed by atoms with E-state index in [9.17, 15) is 4.79 Å². The zero-order valence-corrected chi connectivity index (χ0v) is 11.7. The molecule has 5 heteroatoms. The minimum absolute atomic E-state index is 0.0122. The Bertz CT molecular complexity index is 412. The van der Waals surface area contributed by atoms with E-state index >= 15 is 0 Å². The number of likely N-dealkylation sites (tertiary alicyclic amines) is 1. The van der Waals surface area contributed by atoms with Crippen LogP contribution in [0.25, 0.3) is 0 Å². The molecule has 0 saturated carbocycles. The van der Waals surface area contributed by atoms with Crippen LogP contribution < -0.4 is 5.32 Å². The number of aromatic nitrogens is 1. The van der Waals surface area contributed by atoms with Gasteiger partial charge < -0.3 is 15.1 Å². The largest absolute Gasteiger partial charge is 0.387 e. The molecule has 2 rings (SSSR count). The van der Waals surface area contributed by atoms with Crippen molar-refractivity contribution in [1.29, 1.82) is 0 Å². The molecule has 19 heavy (non-hydrogen) atoms. The number of pyridine rings is 1. The van der Waals surface area contributed by atoms with E-state index in [0.29, 0.717) is 5.69 Å². The number of carbonyl (C=O) groups is 1. The Morgan fingerprint density at radius 1 is 1.42 bits per heavy atom. The number of carbonyl (C=O) groups excluding carboxylic acids is 1. The van der Waals surface area contributed by atoms with Crippen molar-refractivity contribution in [3.63, 3.8) is 0 Å². The molecule has 0 aromatic carbocycles. The average molecular weight is 262 g/mol. The van der Waals surface area contributed by atoms with Gasteiger partial charge >= 0.3 is 0 Å². The van der Waals surface area contributed by atoms with Crippen molar-refractivity contribution in [3.8, 4) is 0 Å². The molecule has 0 bridgehead atoms. The van der Waals surface area contributed by atoms with E-state index in [1.165, 1.54) is 12.8 Å². The van der Waals surface area contributed by atoms with E-state index in [-0.39, 0.29) is 5.91 Å². The lowest BCUT2D eigenvalue weighted by Crippen LogP contribution is -2.35. The fraction of sp³-hybridized carbons (Fsp3) is 0.571. The normalized spacial score (nSPS) is 15.5. The Kier molecular flexibility index (Phi) is 4.74. The first-order valence-corrected chi connectivity index (χ1v) is 6.82. The van der Waals surface area contributed by atoms with Crippen LogP contribution in [0.3, 0.4) is 0 Å². The Hall–Kier alpha value is -1.62. The van der Waals surface area contributed by atoms with Crippen LogP contribution in [-0.4, -0.2) is 61.0 Å². The molecule has 5 nitrogen and oxygen atoms in total. The first-order valence-electron chi connectivity index (χ1n) is 6.82. The highest BCUT2D eigenvalue weighted by atomic mass is 16.2. The van der Waals surface area contributed by atoms with Gasteiger partial charge in [0.2, 0.25) is 0 Å².